The number of benzene rings is 2. The Morgan fingerprint density at radius 1 is 0.869 bits per heavy atom. The molecule has 5 atom stereocenters. The fraction of sp³-hybridized carbons (Fsp3) is 0.512. The van der Waals surface area contributed by atoms with Gasteiger partial charge in [-0.1, -0.05) is 65.0 Å². The molecular formula is C43H60F2N8O8. The van der Waals surface area contributed by atoms with Crippen molar-refractivity contribution in [3.05, 3.63) is 77.8 Å². The molecule has 0 fully saturated rings. The number of amides is 5. The van der Waals surface area contributed by atoms with Crippen molar-refractivity contribution in [2.75, 3.05) is 19.7 Å². The maximum Gasteiger partial charge on any atom is 0.326 e. The van der Waals surface area contributed by atoms with Crippen molar-refractivity contribution in [2.24, 2.45) is 17.1 Å². The summed E-state index contributed by atoms with van der Waals surface area (Å²) in [4.78, 5) is 83.9. The Morgan fingerprint density at radius 2 is 1.54 bits per heavy atom. The zero-order chi connectivity index (χ0) is 45.6. The highest BCUT2D eigenvalue weighted by Crippen LogP contribution is 2.39. The van der Waals surface area contributed by atoms with E-state index in [1.807, 2.05) is 30.3 Å². The van der Waals surface area contributed by atoms with Gasteiger partial charge in [-0.15, -0.1) is 0 Å². The molecule has 0 aliphatic heterocycles. The third-order valence-corrected chi connectivity index (χ3v) is 9.95. The Labute approximate surface area is 355 Å². The van der Waals surface area contributed by atoms with Crippen molar-refractivity contribution in [1.29, 1.82) is 0 Å². The number of carboxylic acids is 1. The van der Waals surface area contributed by atoms with E-state index in [1.54, 1.807) is 39.2 Å². The quantitative estimate of drug-likeness (QED) is 0.0730. The molecular weight excluding hydrogens is 795 g/mol. The molecule has 16 nitrogen and oxygen atoms in total. The Morgan fingerprint density at radius 3 is 2.11 bits per heavy atom. The van der Waals surface area contributed by atoms with Crippen molar-refractivity contribution in [1.82, 2.24) is 35.7 Å². The lowest BCUT2D eigenvalue weighted by molar-refractivity contribution is -0.144. The average Bonchev–Trinajstić information content (AvgIpc) is 3.59. The number of nitrogens with zero attached hydrogens (tertiary/aromatic N) is 3. The lowest BCUT2D eigenvalue weighted by Crippen LogP contribution is -2.58. The van der Waals surface area contributed by atoms with Gasteiger partial charge in [-0.2, -0.15) is 0 Å². The molecule has 3 rings (SSSR count). The van der Waals surface area contributed by atoms with Crippen LogP contribution in [0.1, 0.15) is 91.6 Å². The Hall–Kier alpha value is -5.75. The summed E-state index contributed by atoms with van der Waals surface area (Å²) in [5.41, 5.74) is 5.50. The summed E-state index contributed by atoms with van der Waals surface area (Å²) in [5, 5.41) is 30.6. The number of imidazole rings is 1. The molecule has 1 unspecified atom stereocenters. The van der Waals surface area contributed by atoms with Gasteiger partial charge in [0.1, 0.15) is 48.2 Å². The SMILES string of the molecule is CC(=O)N[C@@H](CCCCN)C(=O)NC(C(=O)N[C@@H](C)C(=O)N[C@@H](CCN(C(=O)CO)[C@@H](c1nc(-c2cc(F)ccc2F)cn1Cc1ccccc1)C(C)(C)C)C(=O)O)C(C)C. The van der Waals surface area contributed by atoms with Gasteiger partial charge < -0.3 is 46.7 Å². The molecule has 0 bridgehead atoms. The molecule has 0 aliphatic carbocycles. The summed E-state index contributed by atoms with van der Waals surface area (Å²) in [6, 6.07) is 6.27. The normalized spacial score (nSPS) is 14.0. The van der Waals surface area contributed by atoms with Crippen LogP contribution in [0.3, 0.4) is 0 Å². The number of rotatable bonds is 22. The second-order valence-electron chi connectivity index (χ2n) is 16.4. The topological polar surface area (TPSA) is 238 Å². The first-order chi connectivity index (χ1) is 28.7. The summed E-state index contributed by atoms with van der Waals surface area (Å²) in [5.74, 6) is -6.49. The number of halogens is 2. The van der Waals surface area contributed by atoms with Crippen molar-refractivity contribution in [3.8, 4) is 11.3 Å². The summed E-state index contributed by atoms with van der Waals surface area (Å²) in [7, 11) is 0. The van der Waals surface area contributed by atoms with E-state index in [2.05, 4.69) is 21.3 Å². The number of aliphatic hydroxyl groups excluding tert-OH is 1. The molecule has 3 aromatic rings. The summed E-state index contributed by atoms with van der Waals surface area (Å²) >= 11 is 0. The highest BCUT2D eigenvalue weighted by Gasteiger charge is 2.39. The van der Waals surface area contributed by atoms with Crippen LogP contribution < -0.4 is 27.0 Å². The Bertz CT molecular complexity index is 1990. The molecule has 0 saturated heterocycles. The van der Waals surface area contributed by atoms with Crippen molar-refractivity contribution < 1.29 is 47.8 Å². The molecule has 18 heteroatoms. The molecule has 1 heterocycles. The van der Waals surface area contributed by atoms with Gasteiger partial charge in [-0.05, 0) is 74.2 Å². The second kappa shape index (κ2) is 22.7. The van der Waals surface area contributed by atoms with Gasteiger partial charge >= 0.3 is 5.97 Å². The average molecular weight is 855 g/mol. The molecule has 0 saturated carbocycles. The van der Waals surface area contributed by atoms with Crippen molar-refractivity contribution in [2.45, 2.75) is 111 Å². The number of nitrogens with one attached hydrogen (secondary N) is 4. The van der Waals surface area contributed by atoms with E-state index in [0.29, 0.717) is 19.4 Å². The number of carbonyl (C=O) groups is 6. The van der Waals surface area contributed by atoms with Crippen LogP contribution in [-0.2, 0) is 35.3 Å². The van der Waals surface area contributed by atoms with Crippen LogP contribution in [0.15, 0.2) is 54.7 Å². The van der Waals surface area contributed by atoms with Crippen LogP contribution in [0.5, 0.6) is 0 Å². The van der Waals surface area contributed by atoms with Crippen LogP contribution in [0, 0.1) is 23.0 Å². The first-order valence-electron chi connectivity index (χ1n) is 20.3. The minimum atomic E-state index is -1.59. The number of hydrogen-bond donors (Lipinski definition) is 7. The van der Waals surface area contributed by atoms with E-state index in [1.165, 1.54) is 24.9 Å². The summed E-state index contributed by atoms with van der Waals surface area (Å²) in [6.07, 6.45) is 2.64. The first kappa shape index (κ1) is 49.6. The number of aliphatic carboxylic acids is 1. The number of carboxylic acid groups (broad SMARTS) is 1. The fourth-order valence-electron chi connectivity index (χ4n) is 6.85. The molecule has 5 amide bonds. The number of hydrogen-bond acceptors (Lipinski definition) is 9. The van der Waals surface area contributed by atoms with E-state index in [4.69, 9.17) is 10.7 Å². The minimum absolute atomic E-state index is 0.0783. The fourth-order valence-corrected chi connectivity index (χ4v) is 6.85. The van der Waals surface area contributed by atoms with Crippen LogP contribution in [0.2, 0.25) is 0 Å². The number of carbonyl (C=O) groups excluding carboxylic acids is 5. The number of unbranched alkanes of at least 4 members (excludes halogenated alkanes) is 1. The van der Waals surface area contributed by atoms with E-state index < -0.39 is 95.3 Å². The van der Waals surface area contributed by atoms with Gasteiger partial charge in [0.2, 0.25) is 29.5 Å². The molecule has 0 radical (unpaired) electrons. The monoisotopic (exact) mass is 854 g/mol. The summed E-state index contributed by atoms with van der Waals surface area (Å²) < 4.78 is 31.2. The van der Waals surface area contributed by atoms with Crippen LogP contribution in [0.25, 0.3) is 11.3 Å². The van der Waals surface area contributed by atoms with E-state index in [0.717, 1.165) is 23.8 Å². The van der Waals surface area contributed by atoms with Crippen molar-refractivity contribution in [3.63, 3.8) is 0 Å². The molecule has 0 aliphatic rings. The van der Waals surface area contributed by atoms with Crippen LogP contribution in [-0.4, -0.2) is 104 Å². The van der Waals surface area contributed by atoms with E-state index >= 15 is 4.39 Å². The minimum Gasteiger partial charge on any atom is -0.480 e. The third-order valence-electron chi connectivity index (χ3n) is 9.95. The van der Waals surface area contributed by atoms with Crippen LogP contribution >= 0.6 is 0 Å². The summed E-state index contributed by atoms with van der Waals surface area (Å²) in [6.45, 7) is 10.7. The van der Waals surface area contributed by atoms with Crippen molar-refractivity contribution >= 4 is 35.5 Å². The first-order valence-corrected chi connectivity index (χ1v) is 20.3. The van der Waals surface area contributed by atoms with Crippen LogP contribution in [0.4, 0.5) is 8.78 Å². The van der Waals surface area contributed by atoms with Gasteiger partial charge in [0, 0.05) is 31.8 Å². The standard InChI is InChI=1S/C43H60F2N8O8/c1-25(2)36(51-40(58)32(48-27(4)55)15-11-12-19-46)41(59)47-26(3)39(57)50-33(42(60)61)18-20-53(35(56)24-54)37(43(5,6)7)38-49-34(30-21-29(44)16-17-31(30)45)23-52(38)22-28-13-9-8-10-14-28/h8-10,13-14,16-17,21,23,25-26,32-33,36-37,54H,11-12,15,18-20,22,24,46H2,1-7H3,(H,47,59)(H,48,55)(H,50,57)(H,51,58)(H,60,61)/t26-,32-,33-,36?,37-/m0/s1. The lowest BCUT2D eigenvalue weighted by Gasteiger charge is -2.40. The molecule has 8 N–H and O–H groups in total. The zero-order valence-electron chi connectivity index (χ0n) is 35.8. The molecule has 61 heavy (non-hydrogen) atoms. The predicted octanol–water partition coefficient (Wildman–Crippen LogP) is 3.02. The smallest absolute Gasteiger partial charge is 0.326 e. The Balaban J connectivity index is 1.88. The molecule has 0 spiro atoms. The number of nitrogens with two attached hydrogens (primary N) is 1. The van der Waals surface area contributed by atoms with Gasteiger partial charge in [-0.3, -0.25) is 24.0 Å². The largest absolute Gasteiger partial charge is 0.480 e. The van der Waals surface area contributed by atoms with E-state index in [-0.39, 0.29) is 43.0 Å². The van der Waals surface area contributed by atoms with Gasteiger partial charge in [-0.25, -0.2) is 18.6 Å². The van der Waals surface area contributed by atoms with Gasteiger partial charge in [0.15, 0.2) is 0 Å². The highest BCUT2D eigenvalue weighted by molar-refractivity contribution is 5.95. The van der Waals surface area contributed by atoms with Gasteiger partial charge in [0.25, 0.3) is 0 Å². The molecule has 1 aromatic heterocycles. The number of aliphatic hydroxyl groups is 1. The maximum atomic E-state index is 15.1. The zero-order valence-corrected chi connectivity index (χ0v) is 35.8. The third kappa shape index (κ3) is 14.4. The molecule has 2 aromatic carbocycles. The lowest BCUT2D eigenvalue weighted by atomic mass is 9.84. The highest BCUT2D eigenvalue weighted by atomic mass is 19.1. The maximum absolute atomic E-state index is 15.1. The van der Waals surface area contributed by atoms with E-state index in [9.17, 15) is 43.4 Å². The Kier molecular flexibility index (Phi) is 18.5. The number of aromatic nitrogens is 2. The molecule has 334 valence electrons. The van der Waals surface area contributed by atoms with Gasteiger partial charge in [0.05, 0.1) is 11.7 Å². The second-order valence-corrected chi connectivity index (χ2v) is 16.4. The predicted molar refractivity (Wildman–Crippen MR) is 223 cm³/mol.